The molecule has 3 aromatic rings. The van der Waals surface area contributed by atoms with Gasteiger partial charge in [-0.05, 0) is 59.2 Å². The highest BCUT2D eigenvalue weighted by atomic mass is 35.5. The number of para-hydroxylation sites is 1. The SMILES string of the molecule is COC(=O)Nc1ccccc1C1CCN(C(=O)[C@@H](Cc2ccc(Cl)cc2)NC(=O)[C@@H]2Cc3ccccc3CN2C(=O)O)CC1. The first-order valence-electron chi connectivity index (χ1n) is 14.6. The van der Waals surface area contributed by atoms with Gasteiger partial charge in [0.25, 0.3) is 0 Å². The first-order valence-corrected chi connectivity index (χ1v) is 14.9. The second kappa shape index (κ2) is 13.8. The maximum absolute atomic E-state index is 14.0. The number of methoxy groups -OCH3 is 1. The smallest absolute Gasteiger partial charge is 0.411 e. The summed E-state index contributed by atoms with van der Waals surface area (Å²) in [5, 5.41) is 16.2. The van der Waals surface area contributed by atoms with Crippen LogP contribution in [0.5, 0.6) is 0 Å². The largest absolute Gasteiger partial charge is 0.465 e. The Hall–Kier alpha value is -4.57. The third-order valence-electron chi connectivity index (χ3n) is 8.39. The number of hydrogen-bond donors (Lipinski definition) is 3. The molecule has 1 saturated heterocycles. The average Bonchev–Trinajstić information content (AvgIpc) is 3.04. The fraction of sp³-hybridized carbons (Fsp3) is 0.333. The van der Waals surface area contributed by atoms with Crippen LogP contribution in [-0.2, 0) is 33.7 Å². The minimum Gasteiger partial charge on any atom is -0.465 e. The first-order chi connectivity index (χ1) is 21.2. The van der Waals surface area contributed by atoms with Crippen LogP contribution >= 0.6 is 11.6 Å². The fourth-order valence-corrected chi connectivity index (χ4v) is 6.17. The van der Waals surface area contributed by atoms with Gasteiger partial charge in [0.1, 0.15) is 12.1 Å². The lowest BCUT2D eigenvalue weighted by Gasteiger charge is -2.37. The number of anilines is 1. The number of ether oxygens (including phenoxy) is 1. The van der Waals surface area contributed by atoms with Crippen molar-refractivity contribution in [3.63, 3.8) is 0 Å². The number of fused-ring (bicyclic) bond motifs is 1. The van der Waals surface area contributed by atoms with Crippen molar-refractivity contribution in [3.05, 3.63) is 100 Å². The second-order valence-corrected chi connectivity index (χ2v) is 11.5. The lowest BCUT2D eigenvalue weighted by atomic mass is 9.88. The second-order valence-electron chi connectivity index (χ2n) is 11.1. The van der Waals surface area contributed by atoms with Crippen molar-refractivity contribution in [2.24, 2.45) is 0 Å². The highest BCUT2D eigenvalue weighted by Gasteiger charge is 2.37. The van der Waals surface area contributed by atoms with E-state index in [1.165, 1.54) is 7.11 Å². The minimum atomic E-state index is -1.19. The number of nitrogens with one attached hydrogen (secondary N) is 2. The maximum Gasteiger partial charge on any atom is 0.411 e. The van der Waals surface area contributed by atoms with Gasteiger partial charge < -0.3 is 20.1 Å². The molecule has 0 saturated carbocycles. The summed E-state index contributed by atoms with van der Waals surface area (Å²) in [4.78, 5) is 54.6. The number of hydrogen-bond acceptors (Lipinski definition) is 5. The molecule has 230 valence electrons. The number of halogens is 1. The molecule has 0 aromatic heterocycles. The highest BCUT2D eigenvalue weighted by molar-refractivity contribution is 6.30. The Kier molecular flexibility index (Phi) is 9.69. The first kappa shape index (κ1) is 30.9. The number of piperidine rings is 1. The summed E-state index contributed by atoms with van der Waals surface area (Å²) in [5.74, 6) is -0.624. The molecule has 2 aliphatic rings. The Morgan fingerprint density at radius 1 is 0.955 bits per heavy atom. The molecule has 1 fully saturated rings. The van der Waals surface area contributed by atoms with Gasteiger partial charge in [-0.3, -0.25) is 19.8 Å². The van der Waals surface area contributed by atoms with Gasteiger partial charge in [-0.1, -0.05) is 66.2 Å². The van der Waals surface area contributed by atoms with Crippen LogP contribution < -0.4 is 10.6 Å². The molecular formula is C33H35ClN4O6. The molecule has 2 aliphatic heterocycles. The summed E-state index contributed by atoms with van der Waals surface area (Å²) < 4.78 is 4.76. The van der Waals surface area contributed by atoms with Crippen LogP contribution in [0, 0.1) is 0 Å². The highest BCUT2D eigenvalue weighted by Crippen LogP contribution is 2.33. The zero-order valence-corrected chi connectivity index (χ0v) is 25.1. The molecule has 2 atom stereocenters. The van der Waals surface area contributed by atoms with Crippen LogP contribution in [0.3, 0.4) is 0 Å². The Balaban J connectivity index is 1.32. The van der Waals surface area contributed by atoms with Crippen LogP contribution in [0.1, 0.15) is 41.0 Å². The molecule has 5 rings (SSSR count). The Bertz CT molecular complexity index is 1520. The number of nitrogens with zero attached hydrogens (tertiary/aromatic N) is 2. The Labute approximate surface area is 260 Å². The normalized spacial score (nSPS) is 17.3. The van der Waals surface area contributed by atoms with Crippen molar-refractivity contribution in [2.45, 2.75) is 50.2 Å². The van der Waals surface area contributed by atoms with E-state index >= 15 is 0 Å². The molecule has 0 radical (unpaired) electrons. The van der Waals surface area contributed by atoms with Crippen LogP contribution in [0.2, 0.25) is 5.02 Å². The Morgan fingerprint density at radius 3 is 2.30 bits per heavy atom. The van der Waals surface area contributed by atoms with Crippen molar-refractivity contribution in [3.8, 4) is 0 Å². The predicted molar refractivity (Wildman–Crippen MR) is 166 cm³/mol. The molecule has 44 heavy (non-hydrogen) atoms. The molecule has 0 aliphatic carbocycles. The molecule has 0 spiro atoms. The zero-order chi connectivity index (χ0) is 31.2. The van der Waals surface area contributed by atoms with E-state index in [9.17, 15) is 24.3 Å². The van der Waals surface area contributed by atoms with Gasteiger partial charge in [-0.15, -0.1) is 0 Å². The number of amides is 4. The number of carbonyl (C=O) groups is 4. The summed E-state index contributed by atoms with van der Waals surface area (Å²) in [7, 11) is 1.31. The van der Waals surface area contributed by atoms with Crippen molar-refractivity contribution in [2.75, 3.05) is 25.5 Å². The topological polar surface area (TPSA) is 128 Å². The molecule has 4 amide bonds. The van der Waals surface area contributed by atoms with E-state index in [4.69, 9.17) is 16.3 Å². The summed E-state index contributed by atoms with van der Waals surface area (Å²) in [6.07, 6.45) is 0.0432. The van der Waals surface area contributed by atoms with E-state index in [-0.39, 0.29) is 31.2 Å². The van der Waals surface area contributed by atoms with Crippen LogP contribution in [0.25, 0.3) is 0 Å². The molecule has 0 bridgehead atoms. The number of carbonyl (C=O) groups excluding carboxylic acids is 3. The molecule has 2 heterocycles. The number of likely N-dealkylation sites (tertiary alicyclic amines) is 1. The third-order valence-corrected chi connectivity index (χ3v) is 8.65. The fourth-order valence-electron chi connectivity index (χ4n) is 6.04. The van der Waals surface area contributed by atoms with E-state index < -0.39 is 30.2 Å². The summed E-state index contributed by atoms with van der Waals surface area (Å²) in [5.41, 5.74) is 4.24. The summed E-state index contributed by atoms with van der Waals surface area (Å²) >= 11 is 6.08. The van der Waals surface area contributed by atoms with E-state index in [2.05, 4.69) is 10.6 Å². The van der Waals surface area contributed by atoms with Crippen molar-refractivity contribution >= 4 is 41.3 Å². The van der Waals surface area contributed by atoms with Gasteiger partial charge in [0.2, 0.25) is 11.8 Å². The quantitative estimate of drug-likeness (QED) is 0.340. The van der Waals surface area contributed by atoms with Crippen molar-refractivity contribution in [1.29, 1.82) is 0 Å². The van der Waals surface area contributed by atoms with E-state index in [1.54, 1.807) is 17.0 Å². The van der Waals surface area contributed by atoms with E-state index in [1.807, 2.05) is 60.7 Å². The molecule has 0 unspecified atom stereocenters. The minimum absolute atomic E-state index is 0.0964. The molecule has 11 heteroatoms. The Morgan fingerprint density at radius 2 is 1.61 bits per heavy atom. The lowest BCUT2D eigenvalue weighted by Crippen LogP contribution is -2.58. The van der Waals surface area contributed by atoms with Crippen LogP contribution in [-0.4, -0.2) is 71.2 Å². The average molecular weight is 619 g/mol. The third kappa shape index (κ3) is 7.14. The van der Waals surface area contributed by atoms with Gasteiger partial charge in [0, 0.05) is 36.6 Å². The molecular weight excluding hydrogens is 584 g/mol. The monoisotopic (exact) mass is 618 g/mol. The van der Waals surface area contributed by atoms with E-state index in [0.717, 1.165) is 27.2 Å². The summed E-state index contributed by atoms with van der Waals surface area (Å²) in [6, 6.07) is 20.2. The zero-order valence-electron chi connectivity index (χ0n) is 24.4. The van der Waals surface area contributed by atoms with Crippen molar-refractivity contribution < 1.29 is 29.0 Å². The van der Waals surface area contributed by atoms with Crippen LogP contribution in [0.15, 0.2) is 72.8 Å². The van der Waals surface area contributed by atoms with Gasteiger partial charge in [0.05, 0.1) is 13.7 Å². The van der Waals surface area contributed by atoms with Crippen molar-refractivity contribution in [1.82, 2.24) is 15.1 Å². The molecule has 10 nitrogen and oxygen atoms in total. The summed E-state index contributed by atoms with van der Waals surface area (Å²) in [6.45, 7) is 1.02. The number of rotatable bonds is 7. The van der Waals surface area contributed by atoms with Gasteiger partial charge in [-0.2, -0.15) is 0 Å². The standard InChI is InChI=1S/C33H35ClN4O6/c1-44-32(41)36-27-9-5-4-8-26(27)22-14-16-37(17-15-22)31(40)28(18-21-10-12-25(34)13-11-21)35-30(39)29-19-23-6-2-3-7-24(23)20-38(29)33(42)43/h2-13,22,28-29H,14-20H2,1H3,(H,35,39)(H,36,41)(H,42,43)/t28-,29+/m1/s1. The van der Waals surface area contributed by atoms with Gasteiger partial charge >= 0.3 is 12.2 Å². The molecule has 3 N–H and O–H groups in total. The maximum atomic E-state index is 14.0. The van der Waals surface area contributed by atoms with E-state index in [0.29, 0.717) is 36.6 Å². The molecule has 3 aromatic carbocycles. The number of carboxylic acid groups (broad SMARTS) is 1. The van der Waals surface area contributed by atoms with Crippen LogP contribution in [0.4, 0.5) is 15.3 Å². The predicted octanol–water partition coefficient (Wildman–Crippen LogP) is 5.06. The number of benzene rings is 3. The van der Waals surface area contributed by atoms with Gasteiger partial charge in [-0.25, -0.2) is 9.59 Å². The lowest BCUT2D eigenvalue weighted by molar-refractivity contribution is -0.138. The van der Waals surface area contributed by atoms with Gasteiger partial charge in [0.15, 0.2) is 0 Å².